The first-order valence-corrected chi connectivity index (χ1v) is 6.90. The first-order valence-electron chi connectivity index (χ1n) is 6.52. The Bertz CT molecular complexity index is 701. The summed E-state index contributed by atoms with van der Waals surface area (Å²) in [6.45, 7) is -0.518. The van der Waals surface area contributed by atoms with Crippen LogP contribution in [0.3, 0.4) is 0 Å². The van der Waals surface area contributed by atoms with E-state index in [2.05, 4.69) is 10.6 Å². The zero-order valence-electron chi connectivity index (χ0n) is 11.7. The van der Waals surface area contributed by atoms with Gasteiger partial charge in [0.05, 0.1) is 16.5 Å². The number of carboxylic acids is 1. The van der Waals surface area contributed by atoms with Gasteiger partial charge in [-0.05, 0) is 18.9 Å². The lowest BCUT2D eigenvalue weighted by Gasteiger charge is -2.13. The molecular weight excluding hydrogens is 330 g/mol. The van der Waals surface area contributed by atoms with Gasteiger partial charge in [-0.2, -0.15) is 0 Å². The van der Waals surface area contributed by atoms with Crippen molar-refractivity contribution in [2.24, 2.45) is 0 Å². The highest BCUT2D eigenvalue weighted by Gasteiger charge is 2.51. The van der Waals surface area contributed by atoms with Crippen LogP contribution in [0.2, 0.25) is 5.02 Å². The molecule has 122 valence electrons. The van der Waals surface area contributed by atoms with Gasteiger partial charge in [-0.1, -0.05) is 17.7 Å². The van der Waals surface area contributed by atoms with Crippen molar-refractivity contribution in [2.75, 3.05) is 6.54 Å². The second kappa shape index (κ2) is 6.21. The Hall–Kier alpha value is -2.68. The van der Waals surface area contributed by atoms with Crippen molar-refractivity contribution in [1.29, 1.82) is 0 Å². The summed E-state index contributed by atoms with van der Waals surface area (Å²) in [5.74, 6) is -2.73. The molecule has 3 N–H and O–H groups in total. The number of carbonyl (C=O) groups excluding carboxylic acids is 2. The van der Waals surface area contributed by atoms with Crippen molar-refractivity contribution < 1.29 is 24.4 Å². The summed E-state index contributed by atoms with van der Waals surface area (Å²) in [6, 6.07) is 3.76. The number of nitrogens with one attached hydrogen (secondary N) is 2. The van der Waals surface area contributed by atoms with E-state index in [1.54, 1.807) is 0 Å². The number of carbonyl (C=O) groups is 3. The van der Waals surface area contributed by atoms with E-state index >= 15 is 0 Å². The minimum Gasteiger partial charge on any atom is -0.480 e. The molecule has 0 saturated heterocycles. The summed E-state index contributed by atoms with van der Waals surface area (Å²) in [4.78, 5) is 44.8. The number of nitrogens with zero attached hydrogens (tertiary/aromatic N) is 1. The standard InChI is InChI=1S/C13H12ClN3O6/c14-7-2-1-3-8(17(22)23)10(7)11(19)15-6-9(18)16-13(4-5-13)12(20)21/h1-3H,4-6H2,(H,15,19)(H,16,18)(H,20,21). The molecule has 0 aromatic heterocycles. The summed E-state index contributed by atoms with van der Waals surface area (Å²) in [6.07, 6.45) is 0.635. The molecule has 1 aromatic carbocycles. The number of carboxylic acid groups (broad SMARTS) is 1. The van der Waals surface area contributed by atoms with Gasteiger partial charge in [-0.3, -0.25) is 19.7 Å². The third-order valence-electron chi connectivity index (χ3n) is 3.36. The fraction of sp³-hybridized carbons (Fsp3) is 0.308. The van der Waals surface area contributed by atoms with E-state index in [1.165, 1.54) is 12.1 Å². The molecule has 0 atom stereocenters. The monoisotopic (exact) mass is 341 g/mol. The highest BCUT2D eigenvalue weighted by Crippen LogP contribution is 2.35. The predicted octanol–water partition coefficient (Wildman–Crippen LogP) is 0.711. The summed E-state index contributed by atoms with van der Waals surface area (Å²) in [7, 11) is 0. The number of hydrogen-bond acceptors (Lipinski definition) is 5. The molecule has 1 aliphatic carbocycles. The molecule has 0 aliphatic heterocycles. The minimum absolute atomic E-state index is 0.124. The van der Waals surface area contributed by atoms with Crippen LogP contribution in [-0.4, -0.2) is 39.9 Å². The van der Waals surface area contributed by atoms with Crippen molar-refractivity contribution in [1.82, 2.24) is 10.6 Å². The quantitative estimate of drug-likeness (QED) is 0.514. The number of amides is 2. The Balaban J connectivity index is 2.02. The van der Waals surface area contributed by atoms with E-state index in [1.807, 2.05) is 0 Å². The highest BCUT2D eigenvalue weighted by atomic mass is 35.5. The average molecular weight is 342 g/mol. The molecule has 9 nitrogen and oxygen atoms in total. The molecule has 0 unspecified atom stereocenters. The van der Waals surface area contributed by atoms with Crippen molar-refractivity contribution >= 4 is 35.1 Å². The van der Waals surface area contributed by atoms with E-state index in [0.717, 1.165) is 6.07 Å². The van der Waals surface area contributed by atoms with Crippen LogP contribution in [0, 0.1) is 10.1 Å². The maximum absolute atomic E-state index is 12.0. The molecule has 2 rings (SSSR count). The summed E-state index contributed by atoms with van der Waals surface area (Å²) < 4.78 is 0. The van der Waals surface area contributed by atoms with Crippen LogP contribution in [-0.2, 0) is 9.59 Å². The number of rotatable bonds is 6. The molecule has 0 spiro atoms. The Morgan fingerprint density at radius 2 is 2.00 bits per heavy atom. The molecule has 0 bridgehead atoms. The lowest BCUT2D eigenvalue weighted by atomic mass is 10.1. The maximum atomic E-state index is 12.0. The number of halogens is 1. The van der Waals surface area contributed by atoms with Crippen molar-refractivity contribution in [3.8, 4) is 0 Å². The van der Waals surface area contributed by atoms with Crippen molar-refractivity contribution in [3.05, 3.63) is 38.9 Å². The third kappa shape index (κ3) is 3.57. The molecule has 23 heavy (non-hydrogen) atoms. The van der Waals surface area contributed by atoms with Gasteiger partial charge in [0.1, 0.15) is 11.1 Å². The van der Waals surface area contributed by atoms with Crippen molar-refractivity contribution in [2.45, 2.75) is 18.4 Å². The SMILES string of the molecule is O=C(CNC(=O)c1c(Cl)cccc1[N+](=O)[O-])NC1(C(=O)O)CC1. The number of aliphatic carboxylic acids is 1. The molecular formula is C13H12ClN3O6. The van der Waals surface area contributed by atoms with Gasteiger partial charge in [-0.15, -0.1) is 0 Å². The van der Waals surface area contributed by atoms with E-state index in [4.69, 9.17) is 16.7 Å². The fourth-order valence-electron chi connectivity index (χ4n) is 1.97. The number of nitro groups is 1. The zero-order chi connectivity index (χ0) is 17.2. The smallest absolute Gasteiger partial charge is 0.329 e. The molecule has 1 fully saturated rings. The highest BCUT2D eigenvalue weighted by molar-refractivity contribution is 6.34. The average Bonchev–Trinajstić information content (AvgIpc) is 3.25. The van der Waals surface area contributed by atoms with Gasteiger partial charge in [-0.25, -0.2) is 4.79 Å². The van der Waals surface area contributed by atoms with Gasteiger partial charge in [0.15, 0.2) is 0 Å². The second-order valence-corrected chi connectivity index (χ2v) is 5.42. The molecule has 1 aromatic rings. The summed E-state index contributed by atoms with van der Waals surface area (Å²) in [5.41, 5.74) is -2.11. The number of nitro benzene ring substituents is 1. The Morgan fingerprint density at radius 3 is 2.52 bits per heavy atom. The first-order chi connectivity index (χ1) is 10.8. The largest absolute Gasteiger partial charge is 0.480 e. The molecule has 1 aliphatic rings. The Kier molecular flexibility index (Phi) is 4.50. The topological polar surface area (TPSA) is 139 Å². The van der Waals surface area contributed by atoms with Crippen LogP contribution in [0.4, 0.5) is 5.69 Å². The maximum Gasteiger partial charge on any atom is 0.329 e. The van der Waals surface area contributed by atoms with Crippen LogP contribution in [0.5, 0.6) is 0 Å². The van der Waals surface area contributed by atoms with Crippen LogP contribution < -0.4 is 10.6 Å². The molecule has 1 saturated carbocycles. The lowest BCUT2D eigenvalue weighted by molar-refractivity contribution is -0.385. The predicted molar refractivity (Wildman–Crippen MR) is 78.2 cm³/mol. The van der Waals surface area contributed by atoms with Crippen LogP contribution in [0.25, 0.3) is 0 Å². The zero-order valence-corrected chi connectivity index (χ0v) is 12.4. The summed E-state index contributed by atoms with van der Waals surface area (Å²) in [5, 5.41) is 24.2. The Morgan fingerprint density at radius 1 is 1.35 bits per heavy atom. The van der Waals surface area contributed by atoms with Gasteiger partial charge in [0.25, 0.3) is 11.6 Å². The third-order valence-corrected chi connectivity index (χ3v) is 3.68. The normalized spacial score (nSPS) is 14.7. The van der Waals surface area contributed by atoms with Crippen LogP contribution in [0.15, 0.2) is 18.2 Å². The number of hydrogen-bond donors (Lipinski definition) is 3. The van der Waals surface area contributed by atoms with Crippen molar-refractivity contribution in [3.63, 3.8) is 0 Å². The first kappa shape index (κ1) is 16.7. The van der Waals surface area contributed by atoms with E-state index in [-0.39, 0.29) is 10.6 Å². The van der Waals surface area contributed by atoms with Gasteiger partial charge >= 0.3 is 5.97 Å². The van der Waals surface area contributed by atoms with Gasteiger partial charge in [0.2, 0.25) is 5.91 Å². The van der Waals surface area contributed by atoms with Crippen LogP contribution >= 0.6 is 11.6 Å². The van der Waals surface area contributed by atoms with Crippen LogP contribution in [0.1, 0.15) is 23.2 Å². The summed E-state index contributed by atoms with van der Waals surface area (Å²) >= 11 is 5.80. The van der Waals surface area contributed by atoms with E-state index in [9.17, 15) is 24.5 Å². The molecule has 0 radical (unpaired) electrons. The van der Waals surface area contributed by atoms with Gasteiger partial charge in [0, 0.05) is 6.07 Å². The molecule has 10 heteroatoms. The van der Waals surface area contributed by atoms with E-state index < -0.39 is 40.5 Å². The molecule has 0 heterocycles. The number of benzene rings is 1. The lowest BCUT2D eigenvalue weighted by Crippen LogP contribution is -2.47. The fourth-order valence-corrected chi connectivity index (χ4v) is 2.22. The Labute approximate surface area is 134 Å². The minimum atomic E-state index is -1.27. The van der Waals surface area contributed by atoms with Gasteiger partial charge < -0.3 is 15.7 Å². The molecule has 2 amide bonds. The second-order valence-electron chi connectivity index (χ2n) is 5.01. The van der Waals surface area contributed by atoms with E-state index in [0.29, 0.717) is 12.8 Å².